The fourth-order valence-electron chi connectivity index (χ4n) is 10.9. The van der Waals surface area contributed by atoms with Gasteiger partial charge in [-0.2, -0.15) is 0 Å². The van der Waals surface area contributed by atoms with Crippen molar-refractivity contribution in [3.05, 3.63) is 267 Å². The van der Waals surface area contributed by atoms with E-state index in [2.05, 4.69) is 265 Å². The predicted molar refractivity (Wildman–Crippen MR) is 289 cm³/mol. The Morgan fingerprint density at radius 2 is 0.882 bits per heavy atom. The molecule has 11 aromatic carbocycles. The summed E-state index contributed by atoms with van der Waals surface area (Å²) in [6.07, 6.45) is 0. The summed E-state index contributed by atoms with van der Waals surface area (Å²) in [4.78, 5) is 4.81. The van der Waals surface area contributed by atoms with Crippen LogP contribution >= 0.6 is 0 Å². The van der Waals surface area contributed by atoms with Gasteiger partial charge in [-0.1, -0.05) is 194 Å². The number of hydrogen-bond donors (Lipinski definition) is 0. The standard InChI is InChI=1S/C64H44N2OSi/c1-4-19-49(20-5-1)66-59-28-13-15-30-63(59)68(53-21-6-2-7-22-53,54-23-8-3-9-24-54)64-43-48(35-42-60(64)66)45-31-36-50(37-32-45)65(52-40-41-58-57-26-12-14-29-61(57)67-62(58)44-52)51-38-33-47(34-39-51)56-27-16-18-46-17-10-11-25-55(46)56/h1-44H. The quantitative estimate of drug-likeness (QED) is 0.142. The van der Waals surface area contributed by atoms with Crippen LogP contribution in [0.25, 0.3) is 55.0 Å². The van der Waals surface area contributed by atoms with Crippen molar-refractivity contribution in [2.75, 3.05) is 9.80 Å². The predicted octanol–water partition coefficient (Wildman–Crippen LogP) is 14.7. The van der Waals surface area contributed by atoms with Gasteiger partial charge in [-0.3, -0.25) is 0 Å². The van der Waals surface area contributed by atoms with Gasteiger partial charge in [0.05, 0.1) is 0 Å². The molecule has 68 heavy (non-hydrogen) atoms. The molecule has 3 nitrogen and oxygen atoms in total. The molecular formula is C64H44N2OSi. The first kappa shape index (κ1) is 39.6. The van der Waals surface area contributed by atoms with E-state index < -0.39 is 8.07 Å². The van der Waals surface area contributed by atoms with Gasteiger partial charge in [0.25, 0.3) is 0 Å². The first-order chi connectivity index (χ1) is 33.7. The lowest BCUT2D eigenvalue weighted by molar-refractivity contribution is 0.669. The molecule has 0 atom stereocenters. The topological polar surface area (TPSA) is 19.6 Å². The van der Waals surface area contributed by atoms with Gasteiger partial charge in [0.2, 0.25) is 0 Å². The third-order valence-electron chi connectivity index (χ3n) is 13.9. The Morgan fingerprint density at radius 3 is 1.62 bits per heavy atom. The zero-order valence-corrected chi connectivity index (χ0v) is 38.2. The number of hydrogen-bond acceptors (Lipinski definition) is 3. The van der Waals surface area contributed by atoms with E-state index in [9.17, 15) is 0 Å². The average Bonchev–Trinajstić information content (AvgIpc) is 3.79. The smallest absolute Gasteiger partial charge is 0.184 e. The van der Waals surface area contributed by atoms with Crippen LogP contribution < -0.4 is 30.5 Å². The Hall–Kier alpha value is -8.70. The van der Waals surface area contributed by atoms with Gasteiger partial charge in [0.15, 0.2) is 8.07 Å². The summed E-state index contributed by atoms with van der Waals surface area (Å²) in [5, 5.41) is 10.2. The van der Waals surface area contributed by atoms with Crippen molar-refractivity contribution in [3.8, 4) is 22.3 Å². The van der Waals surface area contributed by atoms with Gasteiger partial charge in [-0.15, -0.1) is 0 Å². The number of anilines is 6. The molecule has 0 amide bonds. The molecule has 0 unspecified atom stereocenters. The molecule has 0 saturated carbocycles. The lowest BCUT2D eigenvalue weighted by atomic mass is 9.98. The molecule has 1 aliphatic rings. The van der Waals surface area contributed by atoms with Crippen LogP contribution in [0.3, 0.4) is 0 Å². The second kappa shape index (κ2) is 16.3. The van der Waals surface area contributed by atoms with E-state index >= 15 is 0 Å². The zero-order chi connectivity index (χ0) is 45.0. The van der Waals surface area contributed by atoms with Gasteiger partial charge in [0, 0.05) is 51.0 Å². The Labute approximate surface area is 397 Å². The SMILES string of the molecule is c1ccc(N2c3ccccc3[Si](c3ccccc3)(c3ccccc3)c3cc(-c4ccc(N(c5ccc(-c6cccc7ccccc67)cc5)c5ccc6c(c5)oc5ccccc56)cc4)ccc32)cc1. The van der Waals surface area contributed by atoms with E-state index in [-0.39, 0.29) is 0 Å². The molecule has 0 aliphatic carbocycles. The minimum absolute atomic E-state index is 0.863. The van der Waals surface area contributed by atoms with Crippen molar-refractivity contribution >= 4 is 95.7 Å². The van der Waals surface area contributed by atoms with Crippen molar-refractivity contribution in [1.82, 2.24) is 0 Å². The number of rotatable bonds is 8. The first-order valence-electron chi connectivity index (χ1n) is 23.3. The minimum Gasteiger partial charge on any atom is -0.456 e. The Morgan fingerprint density at radius 1 is 0.338 bits per heavy atom. The third-order valence-corrected chi connectivity index (χ3v) is 18.8. The highest BCUT2D eigenvalue weighted by atomic mass is 28.3. The highest BCUT2D eigenvalue weighted by Gasteiger charge is 2.49. The normalized spacial score (nSPS) is 12.8. The maximum Gasteiger partial charge on any atom is 0.184 e. The maximum absolute atomic E-state index is 6.47. The van der Waals surface area contributed by atoms with Crippen molar-refractivity contribution in [2.45, 2.75) is 0 Å². The van der Waals surface area contributed by atoms with Crippen LogP contribution in [0.15, 0.2) is 271 Å². The molecule has 4 heteroatoms. The molecular weight excluding hydrogens is 841 g/mol. The molecule has 1 aromatic heterocycles. The van der Waals surface area contributed by atoms with Crippen LogP contribution in [0, 0.1) is 0 Å². The Kier molecular flexibility index (Phi) is 9.51. The monoisotopic (exact) mass is 884 g/mol. The maximum atomic E-state index is 6.47. The molecule has 1 aliphatic heterocycles. The van der Waals surface area contributed by atoms with Crippen molar-refractivity contribution < 1.29 is 4.42 Å². The summed E-state index contributed by atoms with van der Waals surface area (Å²) in [5.74, 6) is 0. The van der Waals surface area contributed by atoms with E-state index in [1.165, 1.54) is 59.6 Å². The van der Waals surface area contributed by atoms with Crippen molar-refractivity contribution in [3.63, 3.8) is 0 Å². The second-order valence-electron chi connectivity index (χ2n) is 17.6. The van der Waals surface area contributed by atoms with E-state index in [1.54, 1.807) is 0 Å². The van der Waals surface area contributed by atoms with Gasteiger partial charge >= 0.3 is 0 Å². The highest BCUT2D eigenvalue weighted by Crippen LogP contribution is 2.42. The molecule has 0 radical (unpaired) electrons. The van der Waals surface area contributed by atoms with E-state index in [1.807, 2.05) is 12.1 Å². The zero-order valence-electron chi connectivity index (χ0n) is 37.2. The second-order valence-corrected chi connectivity index (χ2v) is 21.4. The summed E-state index contributed by atoms with van der Waals surface area (Å²) in [6.45, 7) is 0. The summed E-state index contributed by atoms with van der Waals surface area (Å²) < 4.78 is 6.47. The fourth-order valence-corrected chi connectivity index (χ4v) is 16.0. The number of fused-ring (bicyclic) bond motifs is 6. The van der Waals surface area contributed by atoms with E-state index in [4.69, 9.17) is 4.42 Å². The molecule has 13 rings (SSSR count). The lowest BCUT2D eigenvalue weighted by Crippen LogP contribution is -2.77. The Bertz CT molecular complexity index is 3750. The third kappa shape index (κ3) is 6.41. The van der Waals surface area contributed by atoms with Gasteiger partial charge in [-0.25, -0.2) is 0 Å². The number of furan rings is 1. The number of benzene rings is 11. The van der Waals surface area contributed by atoms with Crippen LogP contribution in [-0.2, 0) is 0 Å². The van der Waals surface area contributed by atoms with Crippen LogP contribution in [0.2, 0.25) is 0 Å². The molecule has 0 fully saturated rings. The molecule has 0 N–H and O–H groups in total. The summed E-state index contributed by atoms with van der Waals surface area (Å²) in [7, 11) is -2.87. The molecule has 320 valence electrons. The van der Waals surface area contributed by atoms with E-state index in [0.29, 0.717) is 0 Å². The Balaban J connectivity index is 0.963. The van der Waals surface area contributed by atoms with Gasteiger partial charge in [0.1, 0.15) is 11.2 Å². The van der Waals surface area contributed by atoms with Crippen LogP contribution in [0.1, 0.15) is 0 Å². The van der Waals surface area contributed by atoms with Crippen LogP contribution in [-0.4, -0.2) is 8.07 Å². The summed E-state index contributed by atoms with van der Waals surface area (Å²) in [5.41, 5.74) is 13.2. The average molecular weight is 885 g/mol. The van der Waals surface area contributed by atoms with Crippen molar-refractivity contribution in [1.29, 1.82) is 0 Å². The van der Waals surface area contributed by atoms with Gasteiger partial charge in [-0.05, 0) is 121 Å². The summed E-state index contributed by atoms with van der Waals surface area (Å²) in [6, 6.07) is 97.7. The minimum atomic E-state index is -2.87. The van der Waals surface area contributed by atoms with E-state index in [0.717, 1.165) is 50.3 Å². The molecule has 0 spiro atoms. The largest absolute Gasteiger partial charge is 0.456 e. The summed E-state index contributed by atoms with van der Waals surface area (Å²) >= 11 is 0. The van der Waals surface area contributed by atoms with Crippen LogP contribution in [0.5, 0.6) is 0 Å². The van der Waals surface area contributed by atoms with Crippen LogP contribution in [0.4, 0.5) is 34.1 Å². The number of nitrogens with zero attached hydrogens (tertiary/aromatic N) is 2. The fraction of sp³-hybridized carbons (Fsp3) is 0. The lowest BCUT2D eigenvalue weighted by Gasteiger charge is -2.45. The highest BCUT2D eigenvalue weighted by molar-refractivity contribution is 7.21. The molecule has 0 bridgehead atoms. The molecule has 12 aromatic rings. The number of para-hydroxylation sites is 3. The van der Waals surface area contributed by atoms with Gasteiger partial charge < -0.3 is 14.2 Å². The molecule has 2 heterocycles. The molecule has 0 saturated heterocycles. The van der Waals surface area contributed by atoms with Crippen molar-refractivity contribution in [2.24, 2.45) is 0 Å². The first-order valence-corrected chi connectivity index (χ1v) is 25.3.